The van der Waals surface area contributed by atoms with E-state index < -0.39 is 5.56 Å². The normalized spacial score (nSPS) is 11.6. The van der Waals surface area contributed by atoms with Gasteiger partial charge in [0.15, 0.2) is 5.02 Å². The van der Waals surface area contributed by atoms with Gasteiger partial charge in [-0.25, -0.2) is 9.97 Å². The Morgan fingerprint density at radius 2 is 1.75 bits per heavy atom. The van der Waals surface area contributed by atoms with E-state index in [1.165, 1.54) is 4.57 Å². The maximum atomic E-state index is 13.4. The molecule has 8 heteroatoms. The van der Waals surface area contributed by atoms with Gasteiger partial charge in [-0.3, -0.25) is 9.36 Å². The second-order valence-corrected chi connectivity index (χ2v) is 10.6. The highest BCUT2D eigenvalue weighted by Gasteiger charge is 2.21. The minimum Gasteiger partial charge on any atom is -0.472 e. The number of benzene rings is 2. The fourth-order valence-electron chi connectivity index (χ4n) is 3.84. The molecule has 0 saturated heterocycles. The summed E-state index contributed by atoms with van der Waals surface area (Å²) in [5.41, 5.74) is 4.36. The lowest BCUT2D eigenvalue weighted by atomic mass is 9.95. The molecule has 0 bridgehead atoms. The predicted molar refractivity (Wildman–Crippen MR) is 145 cm³/mol. The number of hydrogen-bond acceptors (Lipinski definition) is 5. The van der Waals surface area contributed by atoms with Crippen LogP contribution < -0.4 is 10.3 Å². The minimum atomic E-state index is -0.461. The smallest absolute Gasteiger partial charge is 0.280 e. The summed E-state index contributed by atoms with van der Waals surface area (Å²) in [6.07, 6.45) is 1.81. The van der Waals surface area contributed by atoms with E-state index >= 15 is 0 Å². The molecule has 2 aromatic carbocycles. The van der Waals surface area contributed by atoms with Gasteiger partial charge < -0.3 is 4.74 Å². The van der Waals surface area contributed by atoms with Crippen LogP contribution >= 0.6 is 23.2 Å². The fourth-order valence-corrected chi connectivity index (χ4v) is 4.23. The van der Waals surface area contributed by atoms with E-state index in [9.17, 15) is 4.79 Å². The molecular formula is C28H28Cl2N4O2. The molecule has 2 heterocycles. The highest BCUT2D eigenvalue weighted by Crippen LogP contribution is 2.31. The van der Waals surface area contributed by atoms with Gasteiger partial charge in [0, 0.05) is 17.2 Å². The Labute approximate surface area is 220 Å². The molecule has 2 aromatic heterocycles. The van der Waals surface area contributed by atoms with Crippen LogP contribution in [-0.2, 0) is 12.0 Å². The summed E-state index contributed by atoms with van der Waals surface area (Å²) >= 11 is 13.0. The Hall–Kier alpha value is -3.22. The number of ether oxygens (including phenoxy) is 1. The summed E-state index contributed by atoms with van der Waals surface area (Å²) in [6, 6.07) is 13.3. The van der Waals surface area contributed by atoms with Gasteiger partial charge in [0.05, 0.1) is 16.4 Å². The van der Waals surface area contributed by atoms with Crippen LogP contribution in [-0.4, -0.2) is 19.5 Å². The lowest BCUT2D eigenvalue weighted by Gasteiger charge is -2.19. The Kier molecular flexibility index (Phi) is 7.21. The third-order valence-corrected chi connectivity index (χ3v) is 6.37. The fraction of sp³-hybridized carbons (Fsp3) is 0.286. The SMILES string of the molecule is Cc1cccc(COc2nc(C)n(-c3cc(-c4nc(C(C)(C)C)ncc4C)ccc3Cl)c(=O)c2Cl)c1. The van der Waals surface area contributed by atoms with Gasteiger partial charge in [0.1, 0.15) is 18.3 Å². The molecule has 0 atom stereocenters. The third-order valence-electron chi connectivity index (χ3n) is 5.73. The standard InChI is InChI=1S/C28H28Cl2N4O2/c1-16-8-7-9-19(12-16)15-36-25-23(30)26(35)34(18(3)32-25)22-13-20(10-11-21(22)29)24-17(2)14-31-27(33-24)28(4,5)6/h7-14H,15H2,1-6H3. The first kappa shape index (κ1) is 25.9. The van der Waals surface area contributed by atoms with Gasteiger partial charge in [-0.05, 0) is 44.0 Å². The molecule has 0 spiro atoms. The van der Waals surface area contributed by atoms with Crippen molar-refractivity contribution in [2.75, 3.05) is 0 Å². The lowest BCUT2D eigenvalue weighted by Crippen LogP contribution is -2.24. The van der Waals surface area contributed by atoms with Crippen molar-refractivity contribution in [3.8, 4) is 22.8 Å². The molecule has 0 unspecified atom stereocenters. The van der Waals surface area contributed by atoms with Crippen molar-refractivity contribution in [1.29, 1.82) is 0 Å². The van der Waals surface area contributed by atoms with Crippen LogP contribution in [0.1, 0.15) is 49.1 Å². The highest BCUT2D eigenvalue weighted by molar-refractivity contribution is 6.33. The first-order valence-corrected chi connectivity index (χ1v) is 12.3. The van der Waals surface area contributed by atoms with Crippen molar-refractivity contribution < 1.29 is 4.74 Å². The molecule has 0 aliphatic rings. The zero-order chi connectivity index (χ0) is 26.2. The number of nitrogens with zero attached hydrogens (tertiary/aromatic N) is 4. The molecule has 6 nitrogen and oxygen atoms in total. The van der Waals surface area contributed by atoms with Crippen molar-refractivity contribution in [1.82, 2.24) is 19.5 Å². The second kappa shape index (κ2) is 10.0. The van der Waals surface area contributed by atoms with Crippen molar-refractivity contribution >= 4 is 23.2 Å². The molecule has 4 rings (SSSR count). The number of halogens is 2. The Morgan fingerprint density at radius 1 is 1.00 bits per heavy atom. The molecular weight excluding hydrogens is 495 g/mol. The molecule has 4 aromatic rings. The average Bonchev–Trinajstić information content (AvgIpc) is 2.81. The topological polar surface area (TPSA) is 69.9 Å². The van der Waals surface area contributed by atoms with Crippen LogP contribution in [0.3, 0.4) is 0 Å². The van der Waals surface area contributed by atoms with Crippen LogP contribution in [0.5, 0.6) is 5.88 Å². The molecule has 0 aliphatic heterocycles. The lowest BCUT2D eigenvalue weighted by molar-refractivity contribution is 0.291. The van der Waals surface area contributed by atoms with Gasteiger partial charge in [0.25, 0.3) is 5.56 Å². The average molecular weight is 523 g/mol. The number of aromatic nitrogens is 4. The Balaban J connectivity index is 1.75. The largest absolute Gasteiger partial charge is 0.472 e. The second-order valence-electron chi connectivity index (χ2n) is 9.84. The van der Waals surface area contributed by atoms with Crippen LogP contribution in [0, 0.1) is 20.8 Å². The quantitative estimate of drug-likeness (QED) is 0.288. The van der Waals surface area contributed by atoms with Crippen LogP contribution in [0.4, 0.5) is 0 Å². The molecule has 0 radical (unpaired) electrons. The minimum absolute atomic E-state index is 0.0886. The molecule has 0 saturated carbocycles. The van der Waals surface area contributed by atoms with Crippen LogP contribution in [0.15, 0.2) is 53.5 Å². The zero-order valence-electron chi connectivity index (χ0n) is 21.2. The number of rotatable bonds is 5. The first-order valence-electron chi connectivity index (χ1n) is 11.6. The van der Waals surface area contributed by atoms with Crippen molar-refractivity contribution in [2.45, 2.75) is 53.6 Å². The van der Waals surface area contributed by atoms with Gasteiger partial charge in [0.2, 0.25) is 5.88 Å². The molecule has 0 amide bonds. The van der Waals surface area contributed by atoms with Gasteiger partial charge in [-0.2, -0.15) is 4.98 Å². The Bertz CT molecular complexity index is 1510. The number of hydrogen-bond donors (Lipinski definition) is 0. The molecule has 0 fully saturated rings. The molecule has 36 heavy (non-hydrogen) atoms. The monoisotopic (exact) mass is 522 g/mol. The summed E-state index contributed by atoms with van der Waals surface area (Å²) in [5.74, 6) is 1.22. The number of aryl methyl sites for hydroxylation is 3. The summed E-state index contributed by atoms with van der Waals surface area (Å²) in [7, 11) is 0. The summed E-state index contributed by atoms with van der Waals surface area (Å²) < 4.78 is 7.21. The van der Waals surface area contributed by atoms with Crippen LogP contribution in [0.2, 0.25) is 10.0 Å². The van der Waals surface area contributed by atoms with E-state index in [4.69, 9.17) is 32.9 Å². The van der Waals surface area contributed by atoms with E-state index in [0.717, 1.165) is 33.8 Å². The van der Waals surface area contributed by atoms with Gasteiger partial charge in [-0.1, -0.05) is 79.9 Å². The molecule has 0 aliphatic carbocycles. The van der Waals surface area contributed by atoms with Crippen molar-refractivity contribution in [3.63, 3.8) is 0 Å². The van der Waals surface area contributed by atoms with E-state index in [1.54, 1.807) is 13.0 Å². The van der Waals surface area contributed by atoms with E-state index in [1.807, 2.05) is 56.4 Å². The van der Waals surface area contributed by atoms with E-state index in [2.05, 4.69) is 30.7 Å². The maximum absolute atomic E-state index is 13.4. The van der Waals surface area contributed by atoms with E-state index in [-0.39, 0.29) is 22.9 Å². The molecule has 186 valence electrons. The van der Waals surface area contributed by atoms with E-state index in [0.29, 0.717) is 16.5 Å². The van der Waals surface area contributed by atoms with Crippen molar-refractivity contribution in [2.24, 2.45) is 0 Å². The first-order chi connectivity index (χ1) is 17.0. The van der Waals surface area contributed by atoms with Crippen molar-refractivity contribution in [3.05, 3.63) is 97.4 Å². The predicted octanol–water partition coefficient (Wildman–Crippen LogP) is 6.80. The third kappa shape index (κ3) is 5.30. The summed E-state index contributed by atoms with van der Waals surface area (Å²) in [6.45, 7) is 12.1. The zero-order valence-corrected chi connectivity index (χ0v) is 22.7. The van der Waals surface area contributed by atoms with Crippen LogP contribution in [0.25, 0.3) is 16.9 Å². The van der Waals surface area contributed by atoms with Gasteiger partial charge in [-0.15, -0.1) is 0 Å². The maximum Gasteiger partial charge on any atom is 0.280 e. The summed E-state index contributed by atoms with van der Waals surface area (Å²) in [5, 5.41) is 0.279. The van der Waals surface area contributed by atoms with Gasteiger partial charge >= 0.3 is 0 Å². The highest BCUT2D eigenvalue weighted by atomic mass is 35.5. The Morgan fingerprint density at radius 3 is 2.44 bits per heavy atom. The molecule has 0 N–H and O–H groups in total. The summed E-state index contributed by atoms with van der Waals surface area (Å²) in [4.78, 5) is 27.1.